The Morgan fingerprint density at radius 1 is 1.17 bits per heavy atom. The van der Waals surface area contributed by atoms with Gasteiger partial charge in [-0.3, -0.25) is 4.79 Å². The molecule has 1 saturated heterocycles. The summed E-state index contributed by atoms with van der Waals surface area (Å²) in [7, 11) is 0. The van der Waals surface area contributed by atoms with E-state index in [0.29, 0.717) is 13.0 Å². The standard InChI is InChI=1S/C18H30N4O/c19-10-5-2-1-4-8-18(23)21-15-16-9-11-20-17(14-16)22-12-6-3-7-13-22/h9,11,14H,1-8,10,12-13,15,19H2,(H,21,23). The number of nitrogens with zero attached hydrogens (tertiary/aromatic N) is 2. The molecule has 1 aromatic heterocycles. The number of nitrogens with two attached hydrogens (primary N) is 1. The van der Waals surface area contributed by atoms with Crippen molar-refractivity contribution >= 4 is 11.7 Å². The van der Waals surface area contributed by atoms with Gasteiger partial charge in [-0.25, -0.2) is 4.98 Å². The van der Waals surface area contributed by atoms with Gasteiger partial charge in [0.05, 0.1) is 0 Å². The third-order valence-corrected chi connectivity index (χ3v) is 4.34. The van der Waals surface area contributed by atoms with E-state index in [1.807, 2.05) is 12.3 Å². The number of carbonyl (C=O) groups excluding carboxylic acids is 1. The number of unbranched alkanes of at least 4 members (excludes halogenated alkanes) is 3. The van der Waals surface area contributed by atoms with Crippen molar-refractivity contribution in [1.82, 2.24) is 10.3 Å². The van der Waals surface area contributed by atoms with Crippen molar-refractivity contribution in [1.29, 1.82) is 0 Å². The molecule has 5 nitrogen and oxygen atoms in total. The van der Waals surface area contributed by atoms with Crippen molar-refractivity contribution in [3.8, 4) is 0 Å². The number of nitrogens with one attached hydrogen (secondary N) is 1. The molecule has 1 amide bonds. The number of aromatic nitrogens is 1. The monoisotopic (exact) mass is 318 g/mol. The number of rotatable bonds is 9. The van der Waals surface area contributed by atoms with Crippen molar-refractivity contribution in [2.45, 2.75) is 57.9 Å². The van der Waals surface area contributed by atoms with Gasteiger partial charge in [0.2, 0.25) is 5.91 Å². The van der Waals surface area contributed by atoms with Gasteiger partial charge in [-0.15, -0.1) is 0 Å². The fourth-order valence-electron chi connectivity index (χ4n) is 2.94. The van der Waals surface area contributed by atoms with Crippen molar-refractivity contribution in [2.24, 2.45) is 5.73 Å². The van der Waals surface area contributed by atoms with E-state index < -0.39 is 0 Å². The molecule has 0 radical (unpaired) electrons. The fourth-order valence-corrected chi connectivity index (χ4v) is 2.94. The van der Waals surface area contributed by atoms with Crippen LogP contribution >= 0.6 is 0 Å². The van der Waals surface area contributed by atoms with Crippen molar-refractivity contribution in [3.63, 3.8) is 0 Å². The Bertz CT molecular complexity index is 472. The van der Waals surface area contributed by atoms with Crippen LogP contribution in [0.4, 0.5) is 5.82 Å². The molecule has 1 aliphatic rings. The molecule has 2 heterocycles. The summed E-state index contributed by atoms with van der Waals surface area (Å²) in [5, 5.41) is 3.01. The lowest BCUT2D eigenvalue weighted by atomic mass is 10.1. The first-order valence-electron chi connectivity index (χ1n) is 8.96. The number of hydrogen-bond donors (Lipinski definition) is 2. The largest absolute Gasteiger partial charge is 0.357 e. The second-order valence-corrected chi connectivity index (χ2v) is 6.30. The van der Waals surface area contributed by atoms with Crippen molar-refractivity contribution < 1.29 is 4.79 Å². The van der Waals surface area contributed by atoms with Crippen LogP contribution in [0.1, 0.15) is 56.9 Å². The molecule has 0 unspecified atom stereocenters. The second-order valence-electron chi connectivity index (χ2n) is 6.30. The van der Waals surface area contributed by atoms with E-state index in [4.69, 9.17) is 5.73 Å². The normalized spacial score (nSPS) is 14.7. The summed E-state index contributed by atoms with van der Waals surface area (Å²) in [5.41, 5.74) is 6.58. The summed E-state index contributed by atoms with van der Waals surface area (Å²) in [6.45, 7) is 3.51. The molecule has 2 rings (SSSR count). The maximum absolute atomic E-state index is 11.9. The average Bonchev–Trinajstić information content (AvgIpc) is 2.61. The van der Waals surface area contributed by atoms with E-state index in [9.17, 15) is 4.79 Å². The fraction of sp³-hybridized carbons (Fsp3) is 0.667. The molecule has 128 valence electrons. The zero-order valence-electron chi connectivity index (χ0n) is 14.1. The van der Waals surface area contributed by atoms with Gasteiger partial charge < -0.3 is 16.0 Å². The molecule has 0 bridgehead atoms. The lowest BCUT2D eigenvalue weighted by molar-refractivity contribution is -0.121. The first kappa shape index (κ1) is 17.7. The summed E-state index contributed by atoms with van der Waals surface area (Å²) in [5.74, 6) is 1.17. The van der Waals surface area contributed by atoms with Gasteiger partial charge in [-0.1, -0.05) is 12.8 Å². The van der Waals surface area contributed by atoms with Crippen LogP contribution in [0, 0.1) is 0 Å². The summed E-state index contributed by atoms with van der Waals surface area (Å²) in [6.07, 6.45) is 10.5. The van der Waals surface area contributed by atoms with Crippen LogP contribution in [-0.4, -0.2) is 30.5 Å². The van der Waals surface area contributed by atoms with Gasteiger partial charge in [0.15, 0.2) is 0 Å². The number of amides is 1. The number of hydrogen-bond acceptors (Lipinski definition) is 4. The highest BCUT2D eigenvalue weighted by Gasteiger charge is 2.12. The van der Waals surface area contributed by atoms with Crippen LogP contribution < -0.4 is 16.0 Å². The Labute approximate surface area is 139 Å². The van der Waals surface area contributed by atoms with Crippen LogP contribution in [0.5, 0.6) is 0 Å². The predicted molar refractivity (Wildman–Crippen MR) is 94.3 cm³/mol. The molecule has 1 aromatic rings. The highest BCUT2D eigenvalue weighted by Crippen LogP contribution is 2.18. The van der Waals surface area contributed by atoms with Gasteiger partial charge in [-0.2, -0.15) is 0 Å². The van der Waals surface area contributed by atoms with Crippen LogP contribution in [0.2, 0.25) is 0 Å². The quantitative estimate of drug-likeness (QED) is 0.687. The molecule has 0 spiro atoms. The minimum atomic E-state index is 0.133. The molecule has 5 heteroatoms. The van der Waals surface area contributed by atoms with Crippen LogP contribution in [0.15, 0.2) is 18.3 Å². The SMILES string of the molecule is NCCCCCCC(=O)NCc1ccnc(N2CCCCC2)c1. The molecule has 1 aliphatic heterocycles. The Morgan fingerprint density at radius 2 is 1.96 bits per heavy atom. The zero-order valence-corrected chi connectivity index (χ0v) is 14.1. The minimum Gasteiger partial charge on any atom is -0.357 e. The second kappa shape index (κ2) is 10.2. The van der Waals surface area contributed by atoms with E-state index in [0.717, 1.165) is 56.7 Å². The molecule has 0 saturated carbocycles. The first-order valence-corrected chi connectivity index (χ1v) is 8.96. The molecule has 3 N–H and O–H groups in total. The molecule has 23 heavy (non-hydrogen) atoms. The van der Waals surface area contributed by atoms with Gasteiger partial charge in [-0.05, 0) is 56.3 Å². The zero-order chi connectivity index (χ0) is 16.3. The van der Waals surface area contributed by atoms with Crippen LogP contribution in [-0.2, 0) is 11.3 Å². The minimum absolute atomic E-state index is 0.133. The third kappa shape index (κ3) is 6.57. The molecule has 1 fully saturated rings. The maximum Gasteiger partial charge on any atom is 0.220 e. The highest BCUT2D eigenvalue weighted by molar-refractivity contribution is 5.75. The number of carbonyl (C=O) groups is 1. The van der Waals surface area contributed by atoms with Gasteiger partial charge in [0.1, 0.15) is 5.82 Å². The third-order valence-electron chi connectivity index (χ3n) is 4.34. The summed E-state index contributed by atoms with van der Waals surface area (Å²) in [4.78, 5) is 18.7. The highest BCUT2D eigenvalue weighted by atomic mass is 16.1. The summed E-state index contributed by atoms with van der Waals surface area (Å²) in [6, 6.07) is 4.09. The van der Waals surface area contributed by atoms with Crippen LogP contribution in [0.3, 0.4) is 0 Å². The lowest BCUT2D eigenvalue weighted by Gasteiger charge is -2.27. The average molecular weight is 318 g/mol. The lowest BCUT2D eigenvalue weighted by Crippen LogP contribution is -2.30. The van der Waals surface area contributed by atoms with E-state index in [2.05, 4.69) is 21.3 Å². The molecular weight excluding hydrogens is 288 g/mol. The maximum atomic E-state index is 11.9. The van der Waals surface area contributed by atoms with Crippen molar-refractivity contribution in [3.05, 3.63) is 23.9 Å². The van der Waals surface area contributed by atoms with E-state index in [1.165, 1.54) is 19.3 Å². The van der Waals surface area contributed by atoms with Crippen LogP contribution in [0.25, 0.3) is 0 Å². The molecular formula is C18H30N4O. The van der Waals surface area contributed by atoms with Crippen molar-refractivity contribution in [2.75, 3.05) is 24.5 Å². The Hall–Kier alpha value is -1.62. The topological polar surface area (TPSA) is 71.2 Å². The molecule has 0 aromatic carbocycles. The van der Waals surface area contributed by atoms with E-state index in [1.54, 1.807) is 0 Å². The number of piperidine rings is 1. The van der Waals surface area contributed by atoms with Gasteiger partial charge in [0, 0.05) is 32.3 Å². The Kier molecular flexibility index (Phi) is 7.87. The Morgan fingerprint density at radius 3 is 2.74 bits per heavy atom. The first-order chi connectivity index (χ1) is 11.3. The summed E-state index contributed by atoms with van der Waals surface area (Å²) >= 11 is 0. The van der Waals surface area contributed by atoms with E-state index in [-0.39, 0.29) is 5.91 Å². The summed E-state index contributed by atoms with van der Waals surface area (Å²) < 4.78 is 0. The van der Waals surface area contributed by atoms with E-state index >= 15 is 0 Å². The molecule has 0 atom stereocenters. The number of pyridine rings is 1. The van der Waals surface area contributed by atoms with Gasteiger partial charge >= 0.3 is 0 Å². The smallest absolute Gasteiger partial charge is 0.220 e. The predicted octanol–water partition coefficient (Wildman–Crippen LogP) is 2.60. The van der Waals surface area contributed by atoms with Gasteiger partial charge in [0.25, 0.3) is 0 Å². The molecule has 0 aliphatic carbocycles. The number of anilines is 1. The Balaban J connectivity index is 1.71.